The predicted molar refractivity (Wildman–Crippen MR) is 97.2 cm³/mol. The number of fused-ring (bicyclic) bond motifs is 1. The molecule has 0 aliphatic carbocycles. The summed E-state index contributed by atoms with van der Waals surface area (Å²) >= 11 is 7.39. The van der Waals surface area contributed by atoms with Crippen LogP contribution in [-0.2, 0) is 6.42 Å². The number of carbonyl (C=O) groups is 1. The van der Waals surface area contributed by atoms with Crippen molar-refractivity contribution >= 4 is 34.4 Å². The van der Waals surface area contributed by atoms with Gasteiger partial charge in [-0.3, -0.25) is 9.78 Å². The first-order chi connectivity index (χ1) is 12.6. The van der Waals surface area contributed by atoms with E-state index in [9.17, 15) is 4.79 Å². The summed E-state index contributed by atoms with van der Waals surface area (Å²) in [4.78, 5) is 25.3. The van der Waals surface area contributed by atoms with Gasteiger partial charge in [-0.05, 0) is 13.0 Å². The van der Waals surface area contributed by atoms with E-state index in [1.165, 1.54) is 34.6 Å². The molecule has 4 heterocycles. The first-order valence-electron chi connectivity index (χ1n) is 7.64. The summed E-state index contributed by atoms with van der Waals surface area (Å²) in [6, 6.07) is 3.29. The number of rotatable bonds is 5. The molecule has 4 rings (SSSR count). The van der Waals surface area contributed by atoms with E-state index in [0.717, 1.165) is 10.7 Å². The Bertz CT molecular complexity index is 1110. The molecular weight excluding hydrogens is 374 g/mol. The van der Waals surface area contributed by atoms with Crippen LogP contribution in [0.3, 0.4) is 0 Å². The van der Waals surface area contributed by atoms with Crippen molar-refractivity contribution in [1.82, 2.24) is 24.6 Å². The topological polar surface area (TPSA) is 82.3 Å². The number of halogens is 1. The van der Waals surface area contributed by atoms with Crippen LogP contribution in [0.15, 0.2) is 42.4 Å². The Morgan fingerprint density at radius 3 is 2.96 bits per heavy atom. The van der Waals surface area contributed by atoms with Gasteiger partial charge in [-0.25, -0.2) is 14.5 Å². The summed E-state index contributed by atoms with van der Waals surface area (Å²) in [5.74, 6) is 0.795. The van der Waals surface area contributed by atoms with Gasteiger partial charge in [0, 0.05) is 23.3 Å². The Balaban J connectivity index is 1.69. The van der Waals surface area contributed by atoms with Gasteiger partial charge in [-0.2, -0.15) is 5.10 Å². The second-order valence-electron chi connectivity index (χ2n) is 5.54. The van der Waals surface area contributed by atoms with Crippen LogP contribution in [-0.4, -0.2) is 30.3 Å². The smallest absolute Gasteiger partial charge is 0.173 e. The standard InChI is InChI=1S/C17H12ClN5O2S/c1-10-8-26-16(22-10)4-15(24)14-3-13(7-23-17(14)20-9-21-23)25-12-2-11(18)5-19-6-12/h2-3,5-9H,4H2,1H3. The third-order valence-electron chi connectivity index (χ3n) is 3.54. The van der Waals surface area contributed by atoms with Gasteiger partial charge in [-0.15, -0.1) is 11.3 Å². The number of aryl methyl sites for hydroxylation is 1. The van der Waals surface area contributed by atoms with Crippen LogP contribution in [0, 0.1) is 6.92 Å². The first kappa shape index (κ1) is 16.6. The maximum atomic E-state index is 12.8. The summed E-state index contributed by atoms with van der Waals surface area (Å²) in [6.45, 7) is 1.90. The number of ketones is 1. The van der Waals surface area contributed by atoms with Crippen molar-refractivity contribution in [3.63, 3.8) is 0 Å². The average Bonchev–Trinajstić information content (AvgIpc) is 3.23. The molecule has 0 bridgehead atoms. The fourth-order valence-corrected chi connectivity index (χ4v) is 3.40. The van der Waals surface area contributed by atoms with E-state index in [2.05, 4.69) is 20.1 Å². The van der Waals surface area contributed by atoms with Crippen LogP contribution >= 0.6 is 22.9 Å². The number of nitrogens with zero attached hydrogens (tertiary/aromatic N) is 5. The molecule has 0 saturated heterocycles. The van der Waals surface area contributed by atoms with Gasteiger partial charge in [0.25, 0.3) is 0 Å². The van der Waals surface area contributed by atoms with Crippen molar-refractivity contribution in [3.8, 4) is 11.5 Å². The van der Waals surface area contributed by atoms with Crippen LogP contribution in [0.1, 0.15) is 21.1 Å². The fraction of sp³-hybridized carbons (Fsp3) is 0.118. The van der Waals surface area contributed by atoms with E-state index in [4.69, 9.17) is 16.3 Å². The molecule has 0 unspecified atom stereocenters. The number of hydrogen-bond donors (Lipinski definition) is 0. The number of aromatic nitrogens is 5. The lowest BCUT2D eigenvalue weighted by atomic mass is 10.1. The third kappa shape index (κ3) is 3.42. The molecule has 9 heteroatoms. The molecule has 0 aliphatic heterocycles. The molecule has 0 N–H and O–H groups in total. The van der Waals surface area contributed by atoms with Gasteiger partial charge in [0.2, 0.25) is 0 Å². The van der Waals surface area contributed by atoms with Gasteiger partial charge in [-0.1, -0.05) is 11.6 Å². The maximum absolute atomic E-state index is 12.8. The molecule has 0 fully saturated rings. The van der Waals surface area contributed by atoms with Crippen LogP contribution in [0.25, 0.3) is 5.65 Å². The molecule has 26 heavy (non-hydrogen) atoms. The molecule has 130 valence electrons. The highest BCUT2D eigenvalue weighted by molar-refractivity contribution is 7.09. The maximum Gasteiger partial charge on any atom is 0.173 e. The summed E-state index contributed by atoms with van der Waals surface area (Å²) in [5, 5.41) is 7.25. The van der Waals surface area contributed by atoms with Crippen LogP contribution < -0.4 is 4.74 Å². The quantitative estimate of drug-likeness (QED) is 0.486. The highest BCUT2D eigenvalue weighted by Gasteiger charge is 2.17. The minimum Gasteiger partial charge on any atom is -0.454 e. The highest BCUT2D eigenvalue weighted by atomic mass is 35.5. The van der Waals surface area contributed by atoms with E-state index >= 15 is 0 Å². The number of pyridine rings is 2. The summed E-state index contributed by atoms with van der Waals surface area (Å²) < 4.78 is 7.29. The molecule has 0 saturated carbocycles. The van der Waals surface area contributed by atoms with E-state index in [1.807, 2.05) is 12.3 Å². The van der Waals surface area contributed by atoms with E-state index < -0.39 is 0 Å². The monoisotopic (exact) mass is 385 g/mol. The van der Waals surface area contributed by atoms with Gasteiger partial charge >= 0.3 is 0 Å². The normalized spacial score (nSPS) is 11.0. The molecule has 0 aromatic carbocycles. The van der Waals surface area contributed by atoms with E-state index in [1.54, 1.807) is 18.3 Å². The number of ether oxygens (including phenoxy) is 1. The number of carbonyl (C=O) groups excluding carboxylic acids is 1. The zero-order valence-corrected chi connectivity index (χ0v) is 15.2. The number of thiazole rings is 1. The Labute approximate surface area is 157 Å². The molecule has 0 atom stereocenters. The van der Waals surface area contributed by atoms with Crippen LogP contribution in [0.4, 0.5) is 0 Å². The largest absolute Gasteiger partial charge is 0.454 e. The highest BCUT2D eigenvalue weighted by Crippen LogP contribution is 2.26. The van der Waals surface area contributed by atoms with Crippen LogP contribution in [0.2, 0.25) is 5.02 Å². The first-order valence-corrected chi connectivity index (χ1v) is 8.90. The molecule has 0 spiro atoms. The second kappa shape index (κ2) is 6.81. The molecular formula is C17H12ClN5O2S. The SMILES string of the molecule is Cc1csc(CC(=O)c2cc(Oc3cncc(Cl)c3)cn3ncnc23)n1. The Morgan fingerprint density at radius 2 is 2.19 bits per heavy atom. The van der Waals surface area contributed by atoms with Crippen molar-refractivity contribution < 1.29 is 9.53 Å². The summed E-state index contributed by atoms with van der Waals surface area (Å²) in [7, 11) is 0. The summed E-state index contributed by atoms with van der Waals surface area (Å²) in [5.41, 5.74) is 1.79. The molecule has 4 aromatic heterocycles. The zero-order chi connectivity index (χ0) is 18.1. The second-order valence-corrected chi connectivity index (χ2v) is 6.92. The summed E-state index contributed by atoms with van der Waals surface area (Å²) in [6.07, 6.45) is 6.29. The minimum absolute atomic E-state index is 0.105. The number of hydrogen-bond acceptors (Lipinski definition) is 7. The van der Waals surface area contributed by atoms with E-state index in [-0.39, 0.29) is 12.2 Å². The lowest BCUT2D eigenvalue weighted by Gasteiger charge is -2.08. The Kier molecular flexibility index (Phi) is 4.36. The average molecular weight is 386 g/mol. The van der Waals surface area contributed by atoms with Gasteiger partial charge in [0.15, 0.2) is 11.4 Å². The van der Waals surface area contributed by atoms with Gasteiger partial charge in [0.1, 0.15) is 22.8 Å². The predicted octanol–water partition coefficient (Wildman–Crippen LogP) is 3.76. The van der Waals surface area contributed by atoms with Crippen molar-refractivity contribution in [3.05, 3.63) is 63.7 Å². The van der Waals surface area contributed by atoms with Crippen molar-refractivity contribution in [2.45, 2.75) is 13.3 Å². The Hall–Kier alpha value is -2.84. The van der Waals surface area contributed by atoms with Gasteiger partial charge < -0.3 is 4.74 Å². The zero-order valence-electron chi connectivity index (χ0n) is 13.6. The van der Waals surface area contributed by atoms with Crippen molar-refractivity contribution in [2.24, 2.45) is 0 Å². The Morgan fingerprint density at radius 1 is 1.31 bits per heavy atom. The number of Topliss-reactive ketones (excluding diaryl/α,β-unsaturated/α-hetero) is 1. The van der Waals surface area contributed by atoms with Crippen molar-refractivity contribution in [1.29, 1.82) is 0 Å². The third-order valence-corrected chi connectivity index (χ3v) is 4.72. The van der Waals surface area contributed by atoms with Crippen molar-refractivity contribution in [2.75, 3.05) is 0 Å². The fourth-order valence-electron chi connectivity index (χ4n) is 2.46. The lowest BCUT2D eigenvalue weighted by Crippen LogP contribution is -2.07. The molecule has 7 nitrogen and oxygen atoms in total. The molecule has 0 amide bonds. The van der Waals surface area contributed by atoms with E-state index in [0.29, 0.717) is 27.7 Å². The molecule has 4 aromatic rings. The molecule has 0 aliphatic rings. The molecule has 0 radical (unpaired) electrons. The van der Waals surface area contributed by atoms with Gasteiger partial charge in [0.05, 0.1) is 29.4 Å². The minimum atomic E-state index is -0.105. The van der Waals surface area contributed by atoms with Crippen LogP contribution in [0.5, 0.6) is 11.5 Å². The lowest BCUT2D eigenvalue weighted by molar-refractivity contribution is 0.0993.